The summed E-state index contributed by atoms with van der Waals surface area (Å²) in [6, 6.07) is 0. The Labute approximate surface area is 54.5 Å². The minimum absolute atomic E-state index is 0.103. The van der Waals surface area contributed by atoms with Crippen molar-refractivity contribution in [3.05, 3.63) is 0 Å². The largest absolute Gasteiger partial charge is 0.402 e. The maximum Gasteiger partial charge on any atom is 0.402 e. The minimum Gasteiger partial charge on any atom is -0.219 e. The van der Waals surface area contributed by atoms with Crippen LogP contribution in [-0.4, -0.2) is 17.6 Å². The molecule has 0 bridgehead atoms. The molecule has 1 aliphatic rings. The molecule has 0 amide bonds. The van der Waals surface area contributed by atoms with Gasteiger partial charge in [0.25, 0.3) is 0 Å². The molecule has 0 spiro atoms. The van der Waals surface area contributed by atoms with Gasteiger partial charge in [-0.25, -0.2) is 4.40 Å². The van der Waals surface area contributed by atoms with Crippen LogP contribution in [0.4, 0.5) is 13.2 Å². The van der Waals surface area contributed by atoms with Crippen LogP contribution in [0.1, 0.15) is 6.42 Å². The first-order valence-electron chi connectivity index (χ1n) is 2.26. The third kappa shape index (κ3) is 1.61. The Morgan fingerprint density at radius 1 is 1.56 bits per heavy atom. The lowest BCUT2D eigenvalue weighted by molar-refractivity contribution is -0.126. The van der Waals surface area contributed by atoms with Gasteiger partial charge < -0.3 is 0 Å². The van der Waals surface area contributed by atoms with Gasteiger partial charge in [-0.2, -0.15) is 13.2 Å². The fraction of sp³-hybridized carbons (Fsp3) is 0.750. The van der Waals surface area contributed by atoms with Gasteiger partial charge in [0.15, 0.2) is 0 Å². The molecule has 0 fully saturated rings. The maximum atomic E-state index is 11.6. The Morgan fingerprint density at radius 3 is 2.44 bits per heavy atom. The molecule has 51 valence electrons. The predicted molar refractivity (Wildman–Crippen MR) is 29.5 cm³/mol. The van der Waals surface area contributed by atoms with E-state index in [1.54, 1.807) is 0 Å². The van der Waals surface area contributed by atoms with E-state index < -0.39 is 11.4 Å². The fourth-order valence-electron chi connectivity index (χ4n) is 0.434. The van der Waals surface area contributed by atoms with Crippen LogP contribution in [0, 0.1) is 0 Å². The highest BCUT2D eigenvalue weighted by atomic mass is 32.2. The Morgan fingerprint density at radius 2 is 2.22 bits per heavy atom. The SMILES string of the molecule is FC(F)(F)C1C[C]=NS1. The summed E-state index contributed by atoms with van der Waals surface area (Å²) in [5.74, 6) is 0. The van der Waals surface area contributed by atoms with Crippen LogP contribution in [0.2, 0.25) is 0 Å². The summed E-state index contributed by atoms with van der Waals surface area (Å²) in [7, 11) is 0. The molecule has 0 aliphatic carbocycles. The van der Waals surface area contributed by atoms with Crippen molar-refractivity contribution in [2.24, 2.45) is 4.40 Å². The molecule has 0 aromatic rings. The molecule has 1 nitrogen and oxygen atoms in total. The first-order chi connectivity index (χ1) is 4.11. The average molecular weight is 154 g/mol. The Bertz CT molecular complexity index is 122. The normalized spacial score (nSPS) is 27.2. The molecule has 0 aromatic carbocycles. The quantitative estimate of drug-likeness (QED) is 0.485. The van der Waals surface area contributed by atoms with E-state index in [1.165, 1.54) is 0 Å². The minimum atomic E-state index is -4.11. The summed E-state index contributed by atoms with van der Waals surface area (Å²) < 4.78 is 38.2. The van der Waals surface area contributed by atoms with Crippen molar-refractivity contribution in [3.8, 4) is 0 Å². The van der Waals surface area contributed by atoms with Crippen LogP contribution in [0.3, 0.4) is 0 Å². The first kappa shape index (κ1) is 6.92. The van der Waals surface area contributed by atoms with E-state index >= 15 is 0 Å². The van der Waals surface area contributed by atoms with Crippen LogP contribution in [-0.2, 0) is 0 Å². The van der Waals surface area contributed by atoms with Gasteiger partial charge in [-0.05, 0) is 11.9 Å². The average Bonchev–Trinajstić information content (AvgIpc) is 2.08. The Kier molecular flexibility index (Phi) is 1.70. The van der Waals surface area contributed by atoms with Crippen molar-refractivity contribution in [3.63, 3.8) is 0 Å². The van der Waals surface area contributed by atoms with E-state index in [0.717, 1.165) is 0 Å². The summed E-state index contributed by atoms with van der Waals surface area (Å²) in [4.78, 5) is 0. The third-order valence-corrected chi connectivity index (χ3v) is 1.81. The number of alkyl halides is 3. The van der Waals surface area contributed by atoms with Gasteiger partial charge in [0.2, 0.25) is 0 Å². The van der Waals surface area contributed by atoms with Gasteiger partial charge in [-0.15, -0.1) is 0 Å². The molecular weight excluding hydrogens is 151 g/mol. The molecule has 1 rings (SSSR count). The molecular formula is C4H3F3NS. The molecule has 0 aromatic heterocycles. The van der Waals surface area contributed by atoms with Crippen molar-refractivity contribution in [2.75, 3.05) is 0 Å². The van der Waals surface area contributed by atoms with Gasteiger partial charge >= 0.3 is 6.18 Å². The molecule has 1 atom stereocenters. The zero-order chi connectivity index (χ0) is 6.91. The summed E-state index contributed by atoms with van der Waals surface area (Å²) in [6.07, 6.45) is -1.97. The number of halogens is 3. The maximum absolute atomic E-state index is 11.6. The van der Waals surface area contributed by atoms with E-state index in [2.05, 4.69) is 10.6 Å². The fourth-order valence-corrected chi connectivity index (χ4v) is 0.979. The molecule has 0 saturated heterocycles. The third-order valence-electron chi connectivity index (χ3n) is 0.886. The molecule has 0 saturated carbocycles. The van der Waals surface area contributed by atoms with E-state index in [-0.39, 0.29) is 6.42 Å². The van der Waals surface area contributed by atoms with Gasteiger partial charge in [0.05, 0.1) is 6.21 Å². The van der Waals surface area contributed by atoms with Crippen LogP contribution in [0.15, 0.2) is 4.40 Å². The summed E-state index contributed by atoms with van der Waals surface area (Å²) >= 11 is 0.538. The lowest BCUT2D eigenvalue weighted by Crippen LogP contribution is -2.23. The smallest absolute Gasteiger partial charge is 0.219 e. The predicted octanol–water partition coefficient (Wildman–Crippen LogP) is 1.92. The standard InChI is InChI=1S/C4H3F3NS/c5-4(6,7)3-1-2-8-9-3/h3H,1H2. The zero-order valence-electron chi connectivity index (χ0n) is 4.27. The zero-order valence-corrected chi connectivity index (χ0v) is 5.09. The van der Waals surface area contributed by atoms with Crippen LogP contribution in [0.25, 0.3) is 0 Å². The van der Waals surface area contributed by atoms with Crippen molar-refractivity contribution in [1.29, 1.82) is 0 Å². The molecule has 0 N–H and O–H groups in total. The van der Waals surface area contributed by atoms with Gasteiger partial charge in [0.1, 0.15) is 5.25 Å². The lowest BCUT2D eigenvalue weighted by Gasteiger charge is -2.09. The topological polar surface area (TPSA) is 12.4 Å². The second-order valence-electron chi connectivity index (χ2n) is 1.59. The first-order valence-corrected chi connectivity index (χ1v) is 3.10. The molecule has 5 heteroatoms. The summed E-state index contributed by atoms with van der Waals surface area (Å²) in [6.45, 7) is 0. The van der Waals surface area contributed by atoms with Crippen molar-refractivity contribution in [2.45, 2.75) is 17.8 Å². The monoisotopic (exact) mass is 154 g/mol. The van der Waals surface area contributed by atoms with Crippen molar-refractivity contribution >= 4 is 18.2 Å². The van der Waals surface area contributed by atoms with Crippen LogP contribution in [0.5, 0.6) is 0 Å². The van der Waals surface area contributed by atoms with Crippen molar-refractivity contribution in [1.82, 2.24) is 0 Å². The molecule has 1 radical (unpaired) electrons. The molecule has 1 aliphatic heterocycles. The molecule has 1 unspecified atom stereocenters. The van der Waals surface area contributed by atoms with Crippen LogP contribution >= 0.6 is 11.9 Å². The van der Waals surface area contributed by atoms with Crippen molar-refractivity contribution < 1.29 is 13.2 Å². The highest BCUT2D eigenvalue weighted by Gasteiger charge is 2.41. The number of hydrogen-bond donors (Lipinski definition) is 0. The second kappa shape index (κ2) is 2.21. The van der Waals surface area contributed by atoms with E-state index in [9.17, 15) is 13.2 Å². The number of rotatable bonds is 0. The van der Waals surface area contributed by atoms with E-state index in [0.29, 0.717) is 11.9 Å². The lowest BCUT2D eigenvalue weighted by atomic mass is 10.3. The van der Waals surface area contributed by atoms with Gasteiger partial charge in [-0.3, -0.25) is 0 Å². The summed E-state index contributed by atoms with van der Waals surface area (Å²) in [5, 5.41) is -1.35. The highest BCUT2D eigenvalue weighted by molar-refractivity contribution is 7.99. The van der Waals surface area contributed by atoms with Gasteiger partial charge in [-0.1, -0.05) is 0 Å². The van der Waals surface area contributed by atoms with E-state index in [4.69, 9.17) is 0 Å². The summed E-state index contributed by atoms with van der Waals surface area (Å²) in [5.41, 5.74) is 0. The number of hydrogen-bond acceptors (Lipinski definition) is 2. The molecule has 1 heterocycles. The highest BCUT2D eigenvalue weighted by Crippen LogP contribution is 2.35. The Balaban J connectivity index is 2.46. The van der Waals surface area contributed by atoms with E-state index in [1.807, 2.05) is 0 Å². The van der Waals surface area contributed by atoms with Crippen LogP contribution < -0.4 is 0 Å². The number of nitrogens with zero attached hydrogens (tertiary/aromatic N) is 1. The molecule has 9 heavy (non-hydrogen) atoms. The second-order valence-corrected chi connectivity index (χ2v) is 2.55. The Hall–Kier alpha value is -0.190. The van der Waals surface area contributed by atoms with Gasteiger partial charge in [0, 0.05) is 6.42 Å².